The highest BCUT2D eigenvalue weighted by Gasteiger charge is 2.27. The second kappa shape index (κ2) is 9.30. The molecule has 4 aromatic rings. The molecule has 0 bridgehead atoms. The smallest absolute Gasteiger partial charge is 0.276 e. The summed E-state index contributed by atoms with van der Waals surface area (Å²) < 4.78 is 7.14. The van der Waals surface area contributed by atoms with E-state index in [1.807, 2.05) is 37.3 Å². The minimum Gasteiger partial charge on any atom is -0.486 e. The molecule has 174 valence electrons. The summed E-state index contributed by atoms with van der Waals surface area (Å²) in [5.41, 5.74) is 1.26. The SMILES string of the molecule is CC(NC(=O)c1c(Cl)cccc1OCc1cc(=O)n2nc(-c3ccccc3)nc2[nH]1)C1CCC1. The first-order chi connectivity index (χ1) is 16.5. The van der Waals surface area contributed by atoms with Crippen LogP contribution in [0.15, 0.2) is 59.4 Å². The molecule has 2 N–H and O–H groups in total. The zero-order valence-corrected chi connectivity index (χ0v) is 19.4. The third-order valence-corrected chi connectivity index (χ3v) is 6.53. The fourth-order valence-corrected chi connectivity index (χ4v) is 4.31. The minimum absolute atomic E-state index is 0.0259. The number of carbonyl (C=O) groups excluding carboxylic acids is 1. The maximum Gasteiger partial charge on any atom is 0.276 e. The van der Waals surface area contributed by atoms with Gasteiger partial charge in [0.2, 0.25) is 5.78 Å². The van der Waals surface area contributed by atoms with Crippen molar-refractivity contribution in [3.05, 3.63) is 81.2 Å². The number of amides is 1. The van der Waals surface area contributed by atoms with Crippen molar-refractivity contribution < 1.29 is 9.53 Å². The zero-order chi connectivity index (χ0) is 23.7. The number of nitrogens with zero attached hydrogens (tertiary/aromatic N) is 3. The van der Waals surface area contributed by atoms with E-state index in [9.17, 15) is 9.59 Å². The molecule has 1 amide bonds. The fourth-order valence-electron chi connectivity index (χ4n) is 4.06. The van der Waals surface area contributed by atoms with Gasteiger partial charge in [-0.2, -0.15) is 9.50 Å². The fraction of sp³-hybridized carbons (Fsp3) is 0.280. The number of hydrogen-bond donors (Lipinski definition) is 2. The van der Waals surface area contributed by atoms with Crippen molar-refractivity contribution in [3.63, 3.8) is 0 Å². The van der Waals surface area contributed by atoms with Crippen LogP contribution in [0, 0.1) is 5.92 Å². The van der Waals surface area contributed by atoms with Crippen molar-refractivity contribution in [2.24, 2.45) is 5.92 Å². The van der Waals surface area contributed by atoms with Crippen LogP contribution in [0.1, 0.15) is 42.2 Å². The summed E-state index contributed by atoms with van der Waals surface area (Å²) in [5.74, 6) is 1.33. The van der Waals surface area contributed by atoms with E-state index in [0.29, 0.717) is 34.0 Å². The molecular formula is C25H24ClN5O3. The molecular weight excluding hydrogens is 454 g/mol. The number of benzene rings is 2. The second-order valence-electron chi connectivity index (χ2n) is 8.52. The predicted molar refractivity (Wildman–Crippen MR) is 129 cm³/mol. The lowest BCUT2D eigenvalue weighted by atomic mass is 9.80. The molecule has 1 aliphatic rings. The van der Waals surface area contributed by atoms with Gasteiger partial charge in [0.15, 0.2) is 5.82 Å². The van der Waals surface area contributed by atoms with Gasteiger partial charge in [-0.05, 0) is 37.8 Å². The number of rotatable bonds is 7. The molecule has 34 heavy (non-hydrogen) atoms. The summed E-state index contributed by atoms with van der Waals surface area (Å²) in [5, 5.41) is 7.65. The summed E-state index contributed by atoms with van der Waals surface area (Å²) in [4.78, 5) is 33.1. The van der Waals surface area contributed by atoms with Crippen LogP contribution >= 0.6 is 11.6 Å². The van der Waals surface area contributed by atoms with Gasteiger partial charge in [0.1, 0.15) is 12.4 Å². The molecule has 1 fully saturated rings. The number of aromatic nitrogens is 4. The topological polar surface area (TPSA) is 101 Å². The Bertz CT molecular complexity index is 1390. The molecule has 9 heteroatoms. The van der Waals surface area contributed by atoms with Crippen molar-refractivity contribution in [3.8, 4) is 17.1 Å². The molecule has 1 unspecified atom stereocenters. The lowest BCUT2D eigenvalue weighted by Crippen LogP contribution is -2.40. The van der Waals surface area contributed by atoms with Crippen LogP contribution < -0.4 is 15.6 Å². The van der Waals surface area contributed by atoms with Crippen LogP contribution in [-0.2, 0) is 6.61 Å². The van der Waals surface area contributed by atoms with Gasteiger partial charge in [-0.1, -0.05) is 54.4 Å². The number of nitrogens with one attached hydrogen (secondary N) is 2. The molecule has 1 aliphatic carbocycles. The molecule has 0 aliphatic heterocycles. The van der Waals surface area contributed by atoms with Crippen LogP contribution in [0.4, 0.5) is 0 Å². The van der Waals surface area contributed by atoms with E-state index < -0.39 is 0 Å². The molecule has 0 radical (unpaired) electrons. The van der Waals surface area contributed by atoms with Crippen LogP contribution in [0.3, 0.4) is 0 Å². The largest absolute Gasteiger partial charge is 0.486 e. The highest BCUT2D eigenvalue weighted by molar-refractivity contribution is 6.34. The highest BCUT2D eigenvalue weighted by atomic mass is 35.5. The first kappa shape index (κ1) is 22.2. The first-order valence-corrected chi connectivity index (χ1v) is 11.6. The van der Waals surface area contributed by atoms with Gasteiger partial charge in [0, 0.05) is 17.7 Å². The minimum atomic E-state index is -0.333. The van der Waals surface area contributed by atoms with Crippen molar-refractivity contribution >= 4 is 23.3 Å². The predicted octanol–water partition coefficient (Wildman–Crippen LogP) is 4.24. The van der Waals surface area contributed by atoms with E-state index in [1.54, 1.807) is 18.2 Å². The normalized spacial score (nSPS) is 14.5. The van der Waals surface area contributed by atoms with E-state index in [1.165, 1.54) is 17.0 Å². The average Bonchev–Trinajstić information content (AvgIpc) is 3.22. The number of hydrogen-bond acceptors (Lipinski definition) is 5. The molecule has 0 saturated heterocycles. The van der Waals surface area contributed by atoms with Crippen molar-refractivity contribution in [1.29, 1.82) is 0 Å². The van der Waals surface area contributed by atoms with Gasteiger partial charge < -0.3 is 15.0 Å². The Balaban J connectivity index is 1.36. The number of halogens is 1. The molecule has 2 aromatic heterocycles. The third-order valence-electron chi connectivity index (χ3n) is 6.22. The number of aromatic amines is 1. The maximum atomic E-state index is 13.0. The van der Waals surface area contributed by atoms with Crippen LogP contribution in [0.2, 0.25) is 5.02 Å². The summed E-state index contributed by atoms with van der Waals surface area (Å²) in [6.45, 7) is 2.04. The first-order valence-electron chi connectivity index (χ1n) is 11.3. The van der Waals surface area contributed by atoms with Gasteiger partial charge in [-0.25, -0.2) is 0 Å². The van der Waals surface area contributed by atoms with E-state index in [2.05, 4.69) is 20.4 Å². The van der Waals surface area contributed by atoms with E-state index in [-0.39, 0.29) is 29.7 Å². The summed E-state index contributed by atoms with van der Waals surface area (Å²) >= 11 is 6.36. The zero-order valence-electron chi connectivity index (χ0n) is 18.6. The Morgan fingerprint density at radius 2 is 2.03 bits per heavy atom. The Kier molecular flexibility index (Phi) is 6.06. The number of ether oxygens (including phenoxy) is 1. The Hall–Kier alpha value is -3.65. The van der Waals surface area contributed by atoms with Gasteiger partial charge >= 0.3 is 0 Å². The lowest BCUT2D eigenvalue weighted by molar-refractivity contribution is 0.0905. The second-order valence-corrected chi connectivity index (χ2v) is 8.93. The molecule has 0 spiro atoms. The van der Waals surface area contributed by atoms with E-state index >= 15 is 0 Å². The van der Waals surface area contributed by atoms with Crippen molar-refractivity contribution in [2.45, 2.75) is 38.8 Å². The lowest BCUT2D eigenvalue weighted by Gasteiger charge is -2.32. The molecule has 8 nitrogen and oxygen atoms in total. The van der Waals surface area contributed by atoms with Crippen molar-refractivity contribution in [2.75, 3.05) is 0 Å². The van der Waals surface area contributed by atoms with Gasteiger partial charge in [-0.3, -0.25) is 9.59 Å². The third kappa shape index (κ3) is 4.41. The van der Waals surface area contributed by atoms with Gasteiger partial charge in [0.05, 0.1) is 16.3 Å². The maximum absolute atomic E-state index is 13.0. The highest BCUT2D eigenvalue weighted by Crippen LogP contribution is 2.31. The summed E-state index contributed by atoms with van der Waals surface area (Å²) in [6, 6.07) is 16.0. The average molecular weight is 478 g/mol. The Labute approximate surface area is 200 Å². The monoisotopic (exact) mass is 477 g/mol. The van der Waals surface area contributed by atoms with Gasteiger partial charge in [-0.15, -0.1) is 5.10 Å². The molecule has 1 saturated carbocycles. The molecule has 2 heterocycles. The molecule has 5 rings (SSSR count). The number of H-pyrrole nitrogens is 1. The quantitative estimate of drug-likeness (QED) is 0.414. The molecule has 2 aromatic carbocycles. The Morgan fingerprint density at radius 1 is 1.24 bits per heavy atom. The van der Waals surface area contributed by atoms with E-state index in [4.69, 9.17) is 16.3 Å². The molecule has 1 atom stereocenters. The van der Waals surface area contributed by atoms with Gasteiger partial charge in [0.25, 0.3) is 11.5 Å². The summed E-state index contributed by atoms with van der Waals surface area (Å²) in [6.07, 6.45) is 3.45. The van der Waals surface area contributed by atoms with Crippen molar-refractivity contribution in [1.82, 2.24) is 24.9 Å². The number of fused-ring (bicyclic) bond motifs is 1. The van der Waals surface area contributed by atoms with Crippen LogP contribution in [0.5, 0.6) is 5.75 Å². The van der Waals surface area contributed by atoms with Crippen LogP contribution in [0.25, 0.3) is 17.2 Å². The Morgan fingerprint density at radius 3 is 2.76 bits per heavy atom. The summed E-state index contributed by atoms with van der Waals surface area (Å²) in [7, 11) is 0. The number of carbonyl (C=O) groups is 1. The van der Waals surface area contributed by atoms with E-state index in [0.717, 1.165) is 18.4 Å². The van der Waals surface area contributed by atoms with Crippen LogP contribution in [-0.4, -0.2) is 31.5 Å². The standard InChI is InChI=1S/C25H24ClN5O3/c1-15(16-9-5-10-16)27-24(33)22-19(26)11-6-12-20(22)34-14-18-13-21(32)31-25(28-18)29-23(30-31)17-7-3-2-4-8-17/h2-4,6-8,11-13,15-16H,5,9-10,14H2,1H3,(H,27,33)(H,28,29,30).